The minimum absolute atomic E-state index is 0.0484. The van der Waals surface area contributed by atoms with Gasteiger partial charge in [-0.15, -0.1) is 11.3 Å². The summed E-state index contributed by atoms with van der Waals surface area (Å²) < 4.78 is 18.8. The van der Waals surface area contributed by atoms with Gasteiger partial charge >= 0.3 is 0 Å². The molecule has 1 unspecified atom stereocenters. The van der Waals surface area contributed by atoms with E-state index < -0.39 is 0 Å². The number of fused-ring (bicyclic) bond motifs is 1. The number of aryl methyl sites for hydroxylation is 1. The van der Waals surface area contributed by atoms with Gasteiger partial charge in [-0.2, -0.15) is 0 Å². The van der Waals surface area contributed by atoms with Crippen LogP contribution in [0.4, 0.5) is 4.39 Å². The van der Waals surface area contributed by atoms with E-state index in [2.05, 4.69) is 0 Å². The van der Waals surface area contributed by atoms with Crippen molar-refractivity contribution >= 4 is 23.2 Å². The van der Waals surface area contributed by atoms with Gasteiger partial charge in [-0.1, -0.05) is 29.8 Å². The number of ether oxygens (including phenoxy) is 1. The Kier molecular flexibility index (Phi) is 7.20. The average Bonchev–Trinajstić information content (AvgIpc) is 3.30. The Morgan fingerprint density at radius 2 is 1.85 bits per heavy atom. The molecule has 3 aromatic rings. The molecule has 0 bridgehead atoms. The smallest absolute Gasteiger partial charge is 0.254 e. The fourth-order valence-electron chi connectivity index (χ4n) is 4.18. The first-order chi connectivity index (χ1) is 16.0. The summed E-state index contributed by atoms with van der Waals surface area (Å²) in [6.45, 7) is 3.11. The van der Waals surface area contributed by atoms with E-state index in [9.17, 15) is 14.0 Å². The van der Waals surface area contributed by atoms with Crippen LogP contribution in [0.5, 0.6) is 0 Å². The van der Waals surface area contributed by atoms with Crippen molar-refractivity contribution in [2.24, 2.45) is 0 Å². The lowest BCUT2D eigenvalue weighted by Gasteiger charge is -2.37. The molecule has 0 spiro atoms. The van der Waals surface area contributed by atoms with Crippen LogP contribution < -0.4 is 0 Å². The molecule has 0 aliphatic carbocycles. The molecule has 5 nitrogen and oxygen atoms in total. The van der Waals surface area contributed by atoms with Gasteiger partial charge < -0.3 is 14.5 Å². The van der Waals surface area contributed by atoms with Crippen molar-refractivity contribution in [2.75, 3.05) is 33.4 Å². The molecule has 0 saturated heterocycles. The summed E-state index contributed by atoms with van der Waals surface area (Å²) >= 11 is 1.68. The van der Waals surface area contributed by atoms with Gasteiger partial charge in [0.2, 0.25) is 5.91 Å². The lowest BCUT2D eigenvalue weighted by molar-refractivity contribution is -0.134. The van der Waals surface area contributed by atoms with Crippen LogP contribution in [-0.4, -0.2) is 55.0 Å². The van der Waals surface area contributed by atoms with E-state index in [0.29, 0.717) is 25.3 Å². The number of carbonyl (C=O) groups excluding carboxylic acids is 2. The van der Waals surface area contributed by atoms with Crippen molar-refractivity contribution in [1.82, 2.24) is 9.80 Å². The van der Waals surface area contributed by atoms with Crippen molar-refractivity contribution in [1.29, 1.82) is 0 Å². The van der Waals surface area contributed by atoms with Crippen molar-refractivity contribution in [3.05, 3.63) is 92.9 Å². The number of rotatable bonds is 7. The van der Waals surface area contributed by atoms with E-state index in [4.69, 9.17) is 4.74 Å². The second-order valence-electron chi connectivity index (χ2n) is 8.18. The molecule has 2 amide bonds. The van der Waals surface area contributed by atoms with Crippen molar-refractivity contribution in [2.45, 2.75) is 19.4 Å². The summed E-state index contributed by atoms with van der Waals surface area (Å²) in [4.78, 5) is 31.3. The Morgan fingerprint density at radius 3 is 2.55 bits per heavy atom. The Hall–Kier alpha value is -3.03. The molecule has 1 aliphatic rings. The summed E-state index contributed by atoms with van der Waals surface area (Å²) in [5.41, 5.74) is 3.53. The molecule has 0 N–H and O–H groups in total. The first kappa shape index (κ1) is 23.1. The lowest BCUT2D eigenvalue weighted by atomic mass is 9.93. The number of halogens is 1. The number of methoxy groups -OCH3 is 1. The molecule has 0 fully saturated rings. The molecular formula is C26H27FN2O3S. The number of nitrogens with zero attached hydrogens (tertiary/aromatic N) is 2. The highest BCUT2D eigenvalue weighted by atomic mass is 32.1. The molecular weight excluding hydrogens is 439 g/mol. The quantitative estimate of drug-likeness (QED) is 0.517. The molecule has 1 aromatic heterocycles. The van der Waals surface area contributed by atoms with E-state index in [-0.39, 0.29) is 30.2 Å². The highest BCUT2D eigenvalue weighted by Gasteiger charge is 2.34. The second kappa shape index (κ2) is 10.3. The fourth-order valence-corrected chi connectivity index (χ4v) is 5.08. The topological polar surface area (TPSA) is 49.9 Å². The average molecular weight is 467 g/mol. The number of hydrogen-bond acceptors (Lipinski definition) is 4. The summed E-state index contributed by atoms with van der Waals surface area (Å²) in [6.07, 6.45) is 0.764. The molecule has 2 aromatic carbocycles. The largest absolute Gasteiger partial charge is 0.383 e. The summed E-state index contributed by atoms with van der Waals surface area (Å²) in [5, 5.41) is 2.03. The molecule has 33 heavy (non-hydrogen) atoms. The maximum Gasteiger partial charge on any atom is 0.254 e. The maximum atomic E-state index is 13.6. The second-order valence-corrected chi connectivity index (χ2v) is 9.18. The zero-order chi connectivity index (χ0) is 23.4. The zero-order valence-corrected chi connectivity index (χ0v) is 19.6. The van der Waals surface area contributed by atoms with Crippen LogP contribution in [0.15, 0.2) is 60.0 Å². The van der Waals surface area contributed by atoms with Gasteiger partial charge in [0.15, 0.2) is 0 Å². The molecule has 1 aliphatic heterocycles. The monoisotopic (exact) mass is 466 g/mol. The van der Waals surface area contributed by atoms with Crippen molar-refractivity contribution in [3.8, 4) is 0 Å². The van der Waals surface area contributed by atoms with E-state index >= 15 is 0 Å². The maximum absolute atomic E-state index is 13.6. The number of hydrogen-bond donors (Lipinski definition) is 0. The van der Waals surface area contributed by atoms with Crippen LogP contribution in [0, 0.1) is 12.7 Å². The molecule has 172 valence electrons. The fraction of sp³-hybridized carbons (Fsp3) is 0.308. The SMILES string of the molecule is COCCN(CC(=O)N1CCc2sccc2C1c1ccc(F)cc1)C(=O)c1ccc(C)cc1. The molecule has 1 atom stereocenters. The van der Waals surface area contributed by atoms with Crippen LogP contribution in [-0.2, 0) is 16.0 Å². The van der Waals surface area contributed by atoms with Crippen LogP contribution in [0.2, 0.25) is 0 Å². The van der Waals surface area contributed by atoms with Crippen molar-refractivity contribution in [3.63, 3.8) is 0 Å². The molecule has 0 radical (unpaired) electrons. The summed E-state index contributed by atoms with van der Waals surface area (Å²) in [5.74, 6) is -0.655. The van der Waals surface area contributed by atoms with Gasteiger partial charge in [0, 0.05) is 30.6 Å². The Labute approximate surface area is 197 Å². The van der Waals surface area contributed by atoms with Crippen LogP contribution in [0.25, 0.3) is 0 Å². The lowest BCUT2D eigenvalue weighted by Crippen LogP contribution is -2.47. The van der Waals surface area contributed by atoms with Gasteiger partial charge in [0.05, 0.1) is 12.6 Å². The first-order valence-electron chi connectivity index (χ1n) is 10.9. The van der Waals surface area contributed by atoms with Gasteiger partial charge in [0.1, 0.15) is 12.4 Å². The van der Waals surface area contributed by atoms with Gasteiger partial charge in [-0.25, -0.2) is 4.39 Å². The highest BCUT2D eigenvalue weighted by molar-refractivity contribution is 7.10. The highest BCUT2D eigenvalue weighted by Crippen LogP contribution is 2.38. The van der Waals surface area contributed by atoms with E-state index in [0.717, 1.165) is 23.1 Å². The van der Waals surface area contributed by atoms with Crippen molar-refractivity contribution < 1.29 is 18.7 Å². The van der Waals surface area contributed by atoms with E-state index in [1.165, 1.54) is 17.0 Å². The molecule has 2 heterocycles. The minimum Gasteiger partial charge on any atom is -0.383 e. The Balaban J connectivity index is 1.60. The number of benzene rings is 2. The van der Waals surface area contributed by atoms with Gasteiger partial charge in [-0.3, -0.25) is 9.59 Å². The predicted octanol–water partition coefficient (Wildman–Crippen LogP) is 4.46. The number of carbonyl (C=O) groups is 2. The van der Waals surface area contributed by atoms with Gasteiger partial charge in [0.25, 0.3) is 5.91 Å². The number of thiophene rings is 1. The minimum atomic E-state index is -0.313. The summed E-state index contributed by atoms with van der Waals surface area (Å²) in [7, 11) is 1.57. The third kappa shape index (κ3) is 5.15. The molecule has 7 heteroatoms. The Bertz CT molecular complexity index is 1110. The number of amides is 2. The molecule has 4 rings (SSSR count). The van der Waals surface area contributed by atoms with Crippen LogP contribution in [0.3, 0.4) is 0 Å². The predicted molar refractivity (Wildman–Crippen MR) is 127 cm³/mol. The first-order valence-corrected chi connectivity index (χ1v) is 11.8. The van der Waals surface area contributed by atoms with E-state index in [1.54, 1.807) is 47.6 Å². The standard InChI is InChI=1S/C26H27FN2O3S/c1-18-3-5-20(6-4-18)26(31)28(14-15-32-2)17-24(30)29-13-11-23-22(12-16-33-23)25(29)19-7-9-21(27)10-8-19/h3-10,12,16,25H,11,13-15,17H2,1-2H3. The summed E-state index contributed by atoms with van der Waals surface area (Å²) in [6, 6.07) is 15.4. The zero-order valence-electron chi connectivity index (χ0n) is 18.8. The third-order valence-electron chi connectivity index (χ3n) is 5.95. The Morgan fingerprint density at radius 1 is 1.12 bits per heavy atom. The third-order valence-corrected chi connectivity index (χ3v) is 6.95. The van der Waals surface area contributed by atoms with Crippen LogP contribution >= 0.6 is 11.3 Å². The van der Waals surface area contributed by atoms with Crippen LogP contribution in [0.1, 0.15) is 38.0 Å². The normalized spacial score (nSPS) is 15.2. The van der Waals surface area contributed by atoms with Gasteiger partial charge in [-0.05, 0) is 60.2 Å². The van der Waals surface area contributed by atoms with E-state index in [1.807, 2.05) is 35.4 Å². The molecule has 0 saturated carbocycles.